The summed E-state index contributed by atoms with van der Waals surface area (Å²) in [4.78, 5) is 24.0. The maximum absolute atomic E-state index is 12.2. The van der Waals surface area contributed by atoms with E-state index in [1.165, 1.54) is 6.21 Å². The van der Waals surface area contributed by atoms with Crippen molar-refractivity contribution < 1.29 is 19.1 Å². The minimum Gasteiger partial charge on any atom is -0.484 e. The lowest BCUT2D eigenvalue weighted by atomic mass is 10.1. The Morgan fingerprint density at radius 2 is 1.73 bits per heavy atom. The van der Waals surface area contributed by atoms with Gasteiger partial charge in [-0.3, -0.25) is 4.79 Å². The number of carbonyl (C=O) groups excluding carboxylic acids is 2. The molecule has 0 bridgehead atoms. The summed E-state index contributed by atoms with van der Waals surface area (Å²) >= 11 is 5.80. The number of carbonyl (C=O) groups is 2. The number of halogens is 1. The van der Waals surface area contributed by atoms with E-state index in [1.54, 1.807) is 60.7 Å². The van der Waals surface area contributed by atoms with E-state index >= 15 is 0 Å². The van der Waals surface area contributed by atoms with Crippen molar-refractivity contribution in [3.05, 3.63) is 94.5 Å². The van der Waals surface area contributed by atoms with Crippen LogP contribution in [0, 0.1) is 6.92 Å². The first-order valence-corrected chi connectivity index (χ1v) is 9.46. The molecule has 7 heteroatoms. The molecule has 152 valence electrons. The number of hydrogen-bond acceptors (Lipinski definition) is 5. The summed E-state index contributed by atoms with van der Waals surface area (Å²) in [5.74, 6) is 0.0449. The number of amides is 1. The molecule has 1 N–H and O–H groups in total. The Balaban J connectivity index is 1.50. The molecule has 3 aromatic rings. The van der Waals surface area contributed by atoms with Gasteiger partial charge in [0, 0.05) is 5.02 Å². The van der Waals surface area contributed by atoms with Crippen molar-refractivity contribution in [3.8, 4) is 11.5 Å². The molecule has 6 nitrogen and oxygen atoms in total. The van der Waals surface area contributed by atoms with Crippen LogP contribution in [-0.2, 0) is 4.79 Å². The van der Waals surface area contributed by atoms with Crippen LogP contribution in [0.1, 0.15) is 21.5 Å². The third kappa shape index (κ3) is 6.46. The molecule has 0 unspecified atom stereocenters. The highest BCUT2D eigenvalue weighted by molar-refractivity contribution is 6.30. The predicted octanol–water partition coefficient (Wildman–Crippen LogP) is 4.40. The van der Waals surface area contributed by atoms with Crippen LogP contribution in [0.15, 0.2) is 77.9 Å². The van der Waals surface area contributed by atoms with E-state index < -0.39 is 11.9 Å². The maximum Gasteiger partial charge on any atom is 0.343 e. The molecule has 0 fully saturated rings. The summed E-state index contributed by atoms with van der Waals surface area (Å²) in [6, 6.07) is 20.6. The van der Waals surface area contributed by atoms with Gasteiger partial charge in [-0.25, -0.2) is 10.2 Å². The van der Waals surface area contributed by atoms with Crippen molar-refractivity contribution in [3.63, 3.8) is 0 Å². The number of nitrogens with one attached hydrogen (secondary N) is 1. The monoisotopic (exact) mass is 422 g/mol. The standard InChI is InChI=1S/C23H19ClN2O4/c1-16-5-7-18(8-6-16)23(28)30-21-4-2-3-17(13-21)14-25-26-22(27)15-29-20-11-9-19(24)10-12-20/h2-14H,15H2,1H3,(H,26,27)/b25-14-. The quantitative estimate of drug-likeness (QED) is 0.265. The number of aryl methyl sites for hydroxylation is 1. The molecule has 0 saturated heterocycles. The number of ether oxygens (including phenoxy) is 2. The van der Waals surface area contributed by atoms with Gasteiger partial charge < -0.3 is 9.47 Å². The molecule has 0 aromatic heterocycles. The molecule has 0 atom stereocenters. The molecule has 3 rings (SSSR count). The average Bonchev–Trinajstić information content (AvgIpc) is 2.74. The van der Waals surface area contributed by atoms with Crippen molar-refractivity contribution in [2.75, 3.05) is 6.61 Å². The average molecular weight is 423 g/mol. The van der Waals surface area contributed by atoms with E-state index in [1.807, 2.05) is 19.1 Å². The zero-order valence-electron chi connectivity index (χ0n) is 16.2. The second-order valence-corrected chi connectivity index (χ2v) is 6.80. The van der Waals surface area contributed by atoms with Crippen LogP contribution in [0.2, 0.25) is 5.02 Å². The molecular weight excluding hydrogens is 404 g/mol. The van der Waals surface area contributed by atoms with Gasteiger partial charge in [0.25, 0.3) is 5.91 Å². The summed E-state index contributed by atoms with van der Waals surface area (Å²) in [5.41, 5.74) is 4.56. The largest absolute Gasteiger partial charge is 0.484 e. The SMILES string of the molecule is Cc1ccc(C(=O)Oc2cccc(/C=N\NC(=O)COc3ccc(Cl)cc3)c2)cc1. The molecule has 3 aromatic carbocycles. The summed E-state index contributed by atoms with van der Waals surface area (Å²) in [7, 11) is 0. The minimum absolute atomic E-state index is 0.187. The van der Waals surface area contributed by atoms with E-state index in [2.05, 4.69) is 10.5 Å². The Morgan fingerprint density at radius 1 is 1.00 bits per heavy atom. The highest BCUT2D eigenvalue weighted by Crippen LogP contribution is 2.16. The van der Waals surface area contributed by atoms with Crippen molar-refractivity contribution in [1.82, 2.24) is 5.43 Å². The second kappa shape index (κ2) is 10.2. The molecule has 0 radical (unpaired) electrons. The highest BCUT2D eigenvalue weighted by atomic mass is 35.5. The Kier molecular flexibility index (Phi) is 7.19. The molecule has 0 aliphatic heterocycles. The maximum atomic E-state index is 12.2. The van der Waals surface area contributed by atoms with E-state index in [4.69, 9.17) is 21.1 Å². The molecule has 0 saturated carbocycles. The molecule has 0 aliphatic rings. The highest BCUT2D eigenvalue weighted by Gasteiger charge is 2.08. The van der Waals surface area contributed by atoms with Crippen molar-refractivity contribution in [2.24, 2.45) is 5.10 Å². The first-order valence-electron chi connectivity index (χ1n) is 9.09. The number of hydrogen-bond donors (Lipinski definition) is 1. The molecule has 30 heavy (non-hydrogen) atoms. The van der Waals surface area contributed by atoms with Crippen LogP contribution in [0.5, 0.6) is 11.5 Å². The van der Waals surface area contributed by atoms with E-state index in [0.717, 1.165) is 5.56 Å². The van der Waals surface area contributed by atoms with E-state index in [9.17, 15) is 9.59 Å². The van der Waals surface area contributed by atoms with Crippen molar-refractivity contribution in [1.29, 1.82) is 0 Å². The van der Waals surface area contributed by atoms with Crippen LogP contribution in [0.25, 0.3) is 0 Å². The fraction of sp³-hybridized carbons (Fsp3) is 0.0870. The van der Waals surface area contributed by atoms with E-state index in [-0.39, 0.29) is 6.61 Å². The lowest BCUT2D eigenvalue weighted by molar-refractivity contribution is -0.123. The van der Waals surface area contributed by atoms with Gasteiger partial charge in [0.1, 0.15) is 11.5 Å². The Morgan fingerprint density at radius 3 is 2.47 bits per heavy atom. The first kappa shape index (κ1) is 21.1. The number of nitrogens with zero attached hydrogens (tertiary/aromatic N) is 1. The Hall–Kier alpha value is -3.64. The van der Waals surface area contributed by atoms with Gasteiger partial charge in [-0.1, -0.05) is 41.4 Å². The number of rotatable bonds is 7. The number of esters is 1. The lowest BCUT2D eigenvalue weighted by Gasteiger charge is -2.06. The van der Waals surface area contributed by atoms with Gasteiger partial charge in [0.2, 0.25) is 0 Å². The topological polar surface area (TPSA) is 77.0 Å². The fourth-order valence-electron chi connectivity index (χ4n) is 2.40. The molecular formula is C23H19ClN2O4. The van der Waals surface area contributed by atoms with Crippen LogP contribution in [0.4, 0.5) is 0 Å². The molecule has 0 aliphatic carbocycles. The summed E-state index contributed by atoms with van der Waals surface area (Å²) in [6.45, 7) is 1.76. The Labute approximate surface area is 179 Å². The minimum atomic E-state index is -0.447. The molecule has 0 heterocycles. The first-order chi connectivity index (χ1) is 14.5. The van der Waals surface area contributed by atoms with Gasteiger partial charge in [0.05, 0.1) is 11.8 Å². The summed E-state index contributed by atoms with van der Waals surface area (Å²) < 4.78 is 10.7. The third-order valence-electron chi connectivity index (χ3n) is 3.94. The van der Waals surface area contributed by atoms with Crippen LogP contribution < -0.4 is 14.9 Å². The van der Waals surface area contributed by atoms with Gasteiger partial charge in [-0.15, -0.1) is 0 Å². The number of hydrazone groups is 1. The second-order valence-electron chi connectivity index (χ2n) is 6.36. The van der Waals surface area contributed by atoms with Crippen molar-refractivity contribution >= 4 is 29.7 Å². The van der Waals surface area contributed by atoms with Gasteiger partial charge in [-0.05, 0) is 61.0 Å². The third-order valence-corrected chi connectivity index (χ3v) is 4.19. The van der Waals surface area contributed by atoms with Gasteiger partial charge in [0.15, 0.2) is 6.61 Å². The predicted molar refractivity (Wildman–Crippen MR) is 115 cm³/mol. The zero-order valence-corrected chi connectivity index (χ0v) is 16.9. The lowest BCUT2D eigenvalue weighted by Crippen LogP contribution is -2.24. The Bertz CT molecular complexity index is 1050. The zero-order chi connectivity index (χ0) is 21.3. The fourth-order valence-corrected chi connectivity index (χ4v) is 2.53. The molecule has 1 amide bonds. The number of benzene rings is 3. The van der Waals surface area contributed by atoms with Crippen molar-refractivity contribution in [2.45, 2.75) is 6.92 Å². The van der Waals surface area contributed by atoms with Crippen LogP contribution in [0.3, 0.4) is 0 Å². The smallest absolute Gasteiger partial charge is 0.343 e. The van der Waals surface area contributed by atoms with Crippen LogP contribution >= 0.6 is 11.6 Å². The summed E-state index contributed by atoms with van der Waals surface area (Å²) in [5, 5.41) is 4.48. The van der Waals surface area contributed by atoms with Crippen LogP contribution in [-0.4, -0.2) is 24.7 Å². The van der Waals surface area contributed by atoms with Gasteiger partial charge >= 0.3 is 5.97 Å². The molecule has 0 spiro atoms. The van der Waals surface area contributed by atoms with Gasteiger partial charge in [-0.2, -0.15) is 5.10 Å². The summed E-state index contributed by atoms with van der Waals surface area (Å²) in [6.07, 6.45) is 1.45. The normalized spacial score (nSPS) is 10.6. The van der Waals surface area contributed by atoms with E-state index in [0.29, 0.717) is 27.6 Å².